The van der Waals surface area contributed by atoms with Gasteiger partial charge in [0.05, 0.1) is 6.61 Å². The Morgan fingerprint density at radius 3 is 2.37 bits per heavy atom. The van der Waals surface area contributed by atoms with Crippen LogP contribution in [-0.4, -0.2) is 57.7 Å². The first-order valence-corrected chi connectivity index (χ1v) is 6.00. The number of aliphatic hydroxyl groups is 4. The first-order valence-electron chi connectivity index (χ1n) is 6.00. The van der Waals surface area contributed by atoms with E-state index in [-0.39, 0.29) is 0 Å². The van der Waals surface area contributed by atoms with Gasteiger partial charge in [-0.15, -0.1) is 0 Å². The van der Waals surface area contributed by atoms with Crippen molar-refractivity contribution in [3.8, 4) is 0 Å². The van der Waals surface area contributed by atoms with Crippen molar-refractivity contribution in [2.24, 2.45) is 0 Å². The molecular weight excluding hydrogens is 252 g/mol. The van der Waals surface area contributed by atoms with Gasteiger partial charge in [0.2, 0.25) is 0 Å². The van der Waals surface area contributed by atoms with Crippen LogP contribution in [0.2, 0.25) is 0 Å². The number of ether oxygens (including phenoxy) is 1. The maximum Gasteiger partial charge on any atom is 0.175 e. The molecule has 1 fully saturated rings. The van der Waals surface area contributed by atoms with Gasteiger partial charge < -0.3 is 30.6 Å². The molecule has 0 aliphatic carbocycles. The number of benzene rings is 1. The fourth-order valence-electron chi connectivity index (χ4n) is 1.94. The topological polar surface area (TPSA) is 114 Å². The highest BCUT2D eigenvalue weighted by Gasteiger charge is 2.43. The van der Waals surface area contributed by atoms with E-state index in [9.17, 15) is 15.3 Å². The maximum atomic E-state index is 9.88. The van der Waals surface area contributed by atoms with Crippen LogP contribution in [0.15, 0.2) is 30.3 Å². The van der Waals surface area contributed by atoms with Gasteiger partial charge in [0.15, 0.2) is 6.29 Å². The summed E-state index contributed by atoms with van der Waals surface area (Å²) < 4.78 is 5.01. The molecule has 1 aromatic rings. The molecule has 2 rings (SSSR count). The lowest BCUT2D eigenvalue weighted by Crippen LogP contribution is -2.64. The lowest BCUT2D eigenvalue weighted by atomic mass is 9.98. The number of hydrazine groups is 1. The van der Waals surface area contributed by atoms with Crippen LogP contribution in [0, 0.1) is 0 Å². The van der Waals surface area contributed by atoms with E-state index in [1.165, 1.54) is 0 Å². The molecule has 1 aliphatic rings. The van der Waals surface area contributed by atoms with Crippen molar-refractivity contribution in [1.29, 1.82) is 0 Å². The fourth-order valence-corrected chi connectivity index (χ4v) is 1.94. The average molecular weight is 270 g/mol. The molecule has 106 valence electrons. The smallest absolute Gasteiger partial charge is 0.175 e. The van der Waals surface area contributed by atoms with Crippen LogP contribution >= 0.6 is 0 Å². The summed E-state index contributed by atoms with van der Waals surface area (Å²) in [6.45, 7) is -0.478. The molecule has 0 radical (unpaired) electrons. The van der Waals surface area contributed by atoms with E-state index in [4.69, 9.17) is 9.84 Å². The molecule has 1 aliphatic heterocycles. The summed E-state index contributed by atoms with van der Waals surface area (Å²) in [6, 6.07) is 8.17. The van der Waals surface area contributed by atoms with E-state index >= 15 is 0 Å². The van der Waals surface area contributed by atoms with Crippen molar-refractivity contribution in [3.05, 3.63) is 30.3 Å². The lowest BCUT2D eigenvalue weighted by Gasteiger charge is -2.40. The molecule has 0 bridgehead atoms. The van der Waals surface area contributed by atoms with Crippen LogP contribution in [0.4, 0.5) is 5.69 Å². The van der Waals surface area contributed by atoms with Crippen LogP contribution in [-0.2, 0) is 4.74 Å². The van der Waals surface area contributed by atoms with E-state index in [0.717, 1.165) is 5.69 Å². The van der Waals surface area contributed by atoms with Crippen molar-refractivity contribution in [2.45, 2.75) is 30.6 Å². The van der Waals surface area contributed by atoms with E-state index < -0.39 is 37.3 Å². The summed E-state index contributed by atoms with van der Waals surface area (Å²) in [7, 11) is 0. The summed E-state index contributed by atoms with van der Waals surface area (Å²) in [5.41, 5.74) is 6.24. The molecule has 1 heterocycles. The number of hydrogen-bond donors (Lipinski definition) is 6. The number of rotatable bonds is 4. The Hall–Kier alpha value is -1.22. The molecule has 1 aromatic carbocycles. The minimum Gasteiger partial charge on any atom is -0.394 e. The first-order chi connectivity index (χ1) is 9.13. The number of para-hydroxylation sites is 1. The second kappa shape index (κ2) is 6.29. The fraction of sp³-hybridized carbons (Fsp3) is 0.500. The average Bonchev–Trinajstić information content (AvgIpc) is 2.44. The van der Waals surface area contributed by atoms with Gasteiger partial charge in [0.1, 0.15) is 24.4 Å². The van der Waals surface area contributed by atoms with Gasteiger partial charge in [-0.05, 0) is 12.1 Å². The monoisotopic (exact) mass is 270 g/mol. The predicted octanol–water partition coefficient (Wildman–Crippen LogP) is -1.60. The molecule has 0 amide bonds. The van der Waals surface area contributed by atoms with E-state index in [2.05, 4.69) is 10.9 Å². The summed E-state index contributed by atoms with van der Waals surface area (Å²) in [5.74, 6) is 0. The van der Waals surface area contributed by atoms with Gasteiger partial charge in [-0.1, -0.05) is 18.2 Å². The van der Waals surface area contributed by atoms with Gasteiger partial charge in [0, 0.05) is 5.69 Å². The lowest BCUT2D eigenvalue weighted by molar-refractivity contribution is -0.253. The Bertz CT molecular complexity index is 391. The minimum absolute atomic E-state index is 0.478. The molecule has 0 saturated carbocycles. The molecular formula is C12H18N2O5. The zero-order chi connectivity index (χ0) is 13.8. The molecule has 1 saturated heterocycles. The molecule has 19 heavy (non-hydrogen) atoms. The van der Waals surface area contributed by atoms with Crippen molar-refractivity contribution >= 4 is 5.69 Å². The molecule has 6 N–H and O–H groups in total. The molecule has 0 spiro atoms. The van der Waals surface area contributed by atoms with Crippen LogP contribution in [0.1, 0.15) is 0 Å². The third-order valence-corrected chi connectivity index (χ3v) is 3.06. The molecule has 5 atom stereocenters. The van der Waals surface area contributed by atoms with Crippen LogP contribution in [0.25, 0.3) is 0 Å². The number of aliphatic hydroxyl groups excluding tert-OH is 4. The Kier molecular flexibility index (Phi) is 4.70. The van der Waals surface area contributed by atoms with Gasteiger partial charge in [-0.3, -0.25) is 0 Å². The van der Waals surface area contributed by atoms with Crippen LogP contribution < -0.4 is 10.9 Å². The highest BCUT2D eigenvalue weighted by Crippen LogP contribution is 2.19. The van der Waals surface area contributed by atoms with Gasteiger partial charge in [-0.25, -0.2) is 5.43 Å². The number of hydrogen-bond acceptors (Lipinski definition) is 7. The summed E-state index contributed by atoms with van der Waals surface area (Å²) in [6.07, 6.45) is -4.88. The van der Waals surface area contributed by atoms with Gasteiger partial charge in [-0.2, -0.15) is 0 Å². The third kappa shape index (κ3) is 3.21. The minimum atomic E-state index is -1.34. The van der Waals surface area contributed by atoms with Crippen molar-refractivity contribution in [3.63, 3.8) is 0 Å². The summed E-state index contributed by atoms with van der Waals surface area (Å²) in [4.78, 5) is 0. The van der Waals surface area contributed by atoms with E-state index in [1.54, 1.807) is 12.1 Å². The van der Waals surface area contributed by atoms with Crippen LogP contribution in [0.3, 0.4) is 0 Å². The first kappa shape index (κ1) is 14.2. The Labute approximate surface area is 110 Å². The molecule has 0 aromatic heterocycles. The van der Waals surface area contributed by atoms with Crippen molar-refractivity contribution < 1.29 is 25.2 Å². The Balaban J connectivity index is 1.96. The van der Waals surface area contributed by atoms with Crippen LogP contribution in [0.5, 0.6) is 0 Å². The normalized spacial score (nSPS) is 35.1. The zero-order valence-corrected chi connectivity index (χ0v) is 10.2. The van der Waals surface area contributed by atoms with E-state index in [1.807, 2.05) is 18.2 Å². The SMILES string of the molecule is OC[C@H]1O[C@H](O)[C@H](NNc2ccccc2)[C@@H](O)[C@@H]1O. The molecule has 7 heteroatoms. The Morgan fingerprint density at radius 1 is 1.05 bits per heavy atom. The van der Waals surface area contributed by atoms with Gasteiger partial charge in [0.25, 0.3) is 0 Å². The highest BCUT2D eigenvalue weighted by molar-refractivity contribution is 5.41. The second-order valence-corrected chi connectivity index (χ2v) is 4.39. The van der Waals surface area contributed by atoms with Crippen molar-refractivity contribution in [2.75, 3.05) is 12.0 Å². The highest BCUT2D eigenvalue weighted by atomic mass is 16.6. The maximum absolute atomic E-state index is 9.88. The van der Waals surface area contributed by atoms with E-state index in [0.29, 0.717) is 0 Å². The van der Waals surface area contributed by atoms with Crippen molar-refractivity contribution in [1.82, 2.24) is 5.43 Å². The quantitative estimate of drug-likeness (QED) is 0.365. The Morgan fingerprint density at radius 2 is 1.74 bits per heavy atom. The molecule has 7 nitrogen and oxygen atoms in total. The third-order valence-electron chi connectivity index (χ3n) is 3.06. The second-order valence-electron chi connectivity index (χ2n) is 4.39. The molecule has 0 unspecified atom stereocenters. The summed E-state index contributed by atoms with van der Waals surface area (Å²) in [5, 5.41) is 38.3. The van der Waals surface area contributed by atoms with Gasteiger partial charge >= 0.3 is 0 Å². The number of nitrogens with one attached hydrogen (secondary N) is 2. The standard InChI is InChI=1S/C12H18N2O5/c15-6-8-10(16)11(17)9(12(18)19-8)14-13-7-4-2-1-3-5-7/h1-5,8-18H,6H2/t8-,9-,10-,11-,12+/m1/s1. The zero-order valence-electron chi connectivity index (χ0n) is 10.2. The predicted molar refractivity (Wildman–Crippen MR) is 67.0 cm³/mol. The number of anilines is 1. The largest absolute Gasteiger partial charge is 0.394 e. The summed E-state index contributed by atoms with van der Waals surface area (Å²) >= 11 is 0.